The van der Waals surface area contributed by atoms with Crippen LogP contribution in [0, 0.1) is 0 Å². The molecule has 0 radical (unpaired) electrons. The summed E-state index contributed by atoms with van der Waals surface area (Å²) in [6.07, 6.45) is 5.03. The zero-order chi connectivity index (χ0) is 17.9. The summed E-state index contributed by atoms with van der Waals surface area (Å²) in [4.78, 5) is 18.4. The van der Waals surface area contributed by atoms with Crippen molar-refractivity contribution < 1.29 is 14.3 Å². The number of imidazole rings is 1. The summed E-state index contributed by atoms with van der Waals surface area (Å²) in [7, 11) is 1.67. The summed E-state index contributed by atoms with van der Waals surface area (Å²) >= 11 is 0. The summed E-state index contributed by atoms with van der Waals surface area (Å²) in [6.45, 7) is 2.04. The number of fused-ring (bicyclic) bond motifs is 1. The number of aromatic nitrogens is 2. The Kier molecular flexibility index (Phi) is 4.58. The fraction of sp³-hybridized carbons (Fsp3) is 0.300. The van der Waals surface area contributed by atoms with Crippen LogP contribution in [-0.2, 0) is 16.1 Å². The van der Waals surface area contributed by atoms with E-state index in [-0.39, 0.29) is 12.0 Å². The zero-order valence-corrected chi connectivity index (χ0v) is 14.7. The van der Waals surface area contributed by atoms with Crippen molar-refractivity contribution in [1.82, 2.24) is 14.5 Å². The number of methoxy groups -OCH3 is 1. The van der Waals surface area contributed by atoms with Crippen molar-refractivity contribution in [2.75, 3.05) is 26.8 Å². The van der Waals surface area contributed by atoms with Gasteiger partial charge in [0.15, 0.2) is 0 Å². The lowest BCUT2D eigenvalue weighted by molar-refractivity contribution is -0.139. The standard InChI is InChI=1S/C20H21N3O3/c1-25-18-5-4-15-10-17(3-2-16(15)11-18)19-12-23(8-9-26-19)20(24)13-22-7-6-21-14-22/h2-7,10-11,14,19H,8-9,12-13H2,1H3. The summed E-state index contributed by atoms with van der Waals surface area (Å²) in [5.74, 6) is 0.928. The average molecular weight is 351 g/mol. The highest BCUT2D eigenvalue weighted by Crippen LogP contribution is 2.28. The van der Waals surface area contributed by atoms with Gasteiger partial charge >= 0.3 is 0 Å². The average Bonchev–Trinajstić information content (AvgIpc) is 3.20. The summed E-state index contributed by atoms with van der Waals surface area (Å²) in [6, 6.07) is 12.3. The Morgan fingerprint density at radius 2 is 2.12 bits per heavy atom. The maximum absolute atomic E-state index is 12.5. The van der Waals surface area contributed by atoms with E-state index in [4.69, 9.17) is 9.47 Å². The van der Waals surface area contributed by atoms with Crippen LogP contribution >= 0.6 is 0 Å². The Morgan fingerprint density at radius 1 is 1.27 bits per heavy atom. The minimum absolute atomic E-state index is 0.0850. The van der Waals surface area contributed by atoms with Gasteiger partial charge in [-0.2, -0.15) is 0 Å². The van der Waals surface area contributed by atoms with Crippen LogP contribution in [-0.4, -0.2) is 47.2 Å². The monoisotopic (exact) mass is 351 g/mol. The molecule has 134 valence electrons. The molecule has 0 aliphatic carbocycles. The van der Waals surface area contributed by atoms with E-state index in [0.717, 1.165) is 22.1 Å². The molecule has 1 aliphatic rings. The number of benzene rings is 2. The number of carbonyl (C=O) groups is 1. The van der Waals surface area contributed by atoms with Gasteiger partial charge in [0, 0.05) is 18.9 Å². The zero-order valence-electron chi connectivity index (χ0n) is 14.7. The van der Waals surface area contributed by atoms with Gasteiger partial charge in [-0.3, -0.25) is 4.79 Å². The molecular weight excluding hydrogens is 330 g/mol. The lowest BCUT2D eigenvalue weighted by Crippen LogP contribution is -2.43. The maximum atomic E-state index is 12.5. The number of hydrogen-bond acceptors (Lipinski definition) is 4. The van der Waals surface area contributed by atoms with Gasteiger partial charge in [-0.1, -0.05) is 18.2 Å². The third-order valence-corrected chi connectivity index (χ3v) is 4.74. The molecule has 0 spiro atoms. The number of ether oxygens (including phenoxy) is 2. The molecular formula is C20H21N3O3. The third-order valence-electron chi connectivity index (χ3n) is 4.74. The first-order valence-electron chi connectivity index (χ1n) is 8.66. The second-order valence-electron chi connectivity index (χ2n) is 6.41. The highest BCUT2D eigenvalue weighted by molar-refractivity contribution is 5.84. The van der Waals surface area contributed by atoms with Gasteiger partial charge < -0.3 is 18.9 Å². The first-order valence-corrected chi connectivity index (χ1v) is 8.66. The molecule has 4 rings (SSSR count). The topological polar surface area (TPSA) is 56.6 Å². The van der Waals surface area contributed by atoms with E-state index >= 15 is 0 Å². The number of morpholine rings is 1. The highest BCUT2D eigenvalue weighted by atomic mass is 16.5. The molecule has 1 fully saturated rings. The molecule has 0 bridgehead atoms. The molecule has 2 heterocycles. The van der Waals surface area contributed by atoms with Crippen LogP contribution in [0.5, 0.6) is 5.75 Å². The Balaban J connectivity index is 1.50. The van der Waals surface area contributed by atoms with Crippen LogP contribution in [0.25, 0.3) is 10.8 Å². The Labute approximate surface area is 152 Å². The van der Waals surface area contributed by atoms with E-state index in [1.54, 1.807) is 30.4 Å². The minimum atomic E-state index is -0.109. The van der Waals surface area contributed by atoms with E-state index in [9.17, 15) is 4.79 Å². The normalized spacial score (nSPS) is 17.4. The van der Waals surface area contributed by atoms with E-state index in [1.165, 1.54) is 0 Å². The van der Waals surface area contributed by atoms with Crippen LogP contribution in [0.15, 0.2) is 55.1 Å². The number of rotatable bonds is 4. The minimum Gasteiger partial charge on any atom is -0.497 e. The molecule has 1 atom stereocenters. The highest BCUT2D eigenvalue weighted by Gasteiger charge is 2.25. The SMILES string of the molecule is COc1ccc2cc(C3CN(C(=O)Cn4ccnc4)CCO3)ccc2c1. The van der Waals surface area contributed by atoms with E-state index in [2.05, 4.69) is 23.2 Å². The maximum Gasteiger partial charge on any atom is 0.242 e. The first kappa shape index (κ1) is 16.6. The predicted molar refractivity (Wildman–Crippen MR) is 98.0 cm³/mol. The van der Waals surface area contributed by atoms with Crippen LogP contribution in [0.1, 0.15) is 11.7 Å². The molecule has 6 nitrogen and oxygen atoms in total. The van der Waals surface area contributed by atoms with Gasteiger partial charge in [-0.05, 0) is 34.5 Å². The smallest absolute Gasteiger partial charge is 0.242 e. The fourth-order valence-corrected chi connectivity index (χ4v) is 3.28. The van der Waals surface area contributed by atoms with Crippen molar-refractivity contribution in [2.24, 2.45) is 0 Å². The van der Waals surface area contributed by atoms with Crippen molar-refractivity contribution in [1.29, 1.82) is 0 Å². The van der Waals surface area contributed by atoms with Crippen molar-refractivity contribution in [3.63, 3.8) is 0 Å². The molecule has 2 aromatic carbocycles. The van der Waals surface area contributed by atoms with E-state index in [0.29, 0.717) is 26.2 Å². The molecule has 26 heavy (non-hydrogen) atoms. The van der Waals surface area contributed by atoms with Crippen molar-refractivity contribution in [2.45, 2.75) is 12.6 Å². The third kappa shape index (κ3) is 3.41. The molecule has 3 aromatic rings. The fourth-order valence-electron chi connectivity index (χ4n) is 3.28. The number of nitrogens with zero attached hydrogens (tertiary/aromatic N) is 3. The second-order valence-corrected chi connectivity index (χ2v) is 6.41. The Morgan fingerprint density at radius 3 is 2.92 bits per heavy atom. The van der Waals surface area contributed by atoms with Gasteiger partial charge in [0.2, 0.25) is 5.91 Å². The molecule has 0 N–H and O–H groups in total. The molecule has 1 saturated heterocycles. The summed E-state index contributed by atoms with van der Waals surface area (Å²) in [5, 5.41) is 2.26. The van der Waals surface area contributed by atoms with Crippen LogP contribution in [0.3, 0.4) is 0 Å². The van der Waals surface area contributed by atoms with Gasteiger partial charge in [0.1, 0.15) is 18.4 Å². The molecule has 1 amide bonds. The first-order chi connectivity index (χ1) is 12.7. The summed E-state index contributed by atoms with van der Waals surface area (Å²) < 4.78 is 13.0. The van der Waals surface area contributed by atoms with Crippen LogP contribution in [0.2, 0.25) is 0 Å². The quantitative estimate of drug-likeness (QED) is 0.725. The molecule has 1 aliphatic heterocycles. The molecule has 1 unspecified atom stereocenters. The lowest BCUT2D eigenvalue weighted by Gasteiger charge is -2.33. The molecule has 1 aromatic heterocycles. The van der Waals surface area contributed by atoms with Crippen LogP contribution in [0.4, 0.5) is 0 Å². The van der Waals surface area contributed by atoms with Crippen molar-refractivity contribution in [3.8, 4) is 5.75 Å². The number of carbonyl (C=O) groups excluding carboxylic acids is 1. The van der Waals surface area contributed by atoms with Gasteiger partial charge in [0.25, 0.3) is 0 Å². The summed E-state index contributed by atoms with van der Waals surface area (Å²) in [5.41, 5.74) is 1.09. The largest absolute Gasteiger partial charge is 0.497 e. The van der Waals surface area contributed by atoms with Crippen molar-refractivity contribution in [3.05, 3.63) is 60.7 Å². The Hall–Kier alpha value is -2.86. The van der Waals surface area contributed by atoms with Crippen LogP contribution < -0.4 is 4.74 Å². The van der Waals surface area contributed by atoms with Gasteiger partial charge in [-0.15, -0.1) is 0 Å². The van der Waals surface area contributed by atoms with Gasteiger partial charge in [0.05, 0.1) is 26.6 Å². The van der Waals surface area contributed by atoms with E-state index in [1.807, 2.05) is 23.1 Å². The Bertz CT molecular complexity index is 908. The number of amides is 1. The second kappa shape index (κ2) is 7.17. The van der Waals surface area contributed by atoms with Crippen molar-refractivity contribution >= 4 is 16.7 Å². The molecule has 0 saturated carbocycles. The predicted octanol–water partition coefficient (Wildman–Crippen LogP) is 2.65. The van der Waals surface area contributed by atoms with Gasteiger partial charge in [-0.25, -0.2) is 4.98 Å². The molecule has 6 heteroatoms. The van der Waals surface area contributed by atoms with E-state index < -0.39 is 0 Å². The lowest BCUT2D eigenvalue weighted by atomic mass is 10.0. The number of hydrogen-bond donors (Lipinski definition) is 0.